The highest BCUT2D eigenvalue weighted by Gasteiger charge is 2.09. The van der Waals surface area contributed by atoms with Crippen molar-refractivity contribution < 1.29 is 4.79 Å². The third kappa shape index (κ3) is 2.99. The lowest BCUT2D eigenvalue weighted by Gasteiger charge is -2.03. The van der Waals surface area contributed by atoms with Crippen LogP contribution in [0.15, 0.2) is 11.0 Å². The molecule has 0 unspecified atom stereocenters. The zero-order valence-electron chi connectivity index (χ0n) is 11.2. The van der Waals surface area contributed by atoms with Gasteiger partial charge in [0.2, 0.25) is 5.91 Å². The molecule has 0 bridgehead atoms. The molecule has 20 heavy (non-hydrogen) atoms. The molecule has 2 heterocycles. The molecule has 0 saturated carbocycles. The summed E-state index contributed by atoms with van der Waals surface area (Å²) in [6.45, 7) is 0.473. The highest BCUT2D eigenvalue weighted by Crippen LogP contribution is 2.04. The number of hydrogen-bond acceptors (Lipinski definition) is 6. The van der Waals surface area contributed by atoms with Gasteiger partial charge in [-0.25, -0.2) is 15.2 Å². The van der Waals surface area contributed by atoms with Crippen molar-refractivity contribution in [1.29, 1.82) is 0 Å². The first kappa shape index (κ1) is 14.1. The van der Waals surface area contributed by atoms with E-state index in [2.05, 4.69) is 20.8 Å². The molecule has 9 heteroatoms. The topological polar surface area (TPSA) is 121 Å². The van der Waals surface area contributed by atoms with Gasteiger partial charge in [-0.1, -0.05) is 11.6 Å². The Hall–Kier alpha value is -2.29. The molecule has 3 N–H and O–H groups in total. The lowest BCUT2D eigenvalue weighted by Crippen LogP contribution is -2.29. The predicted molar refractivity (Wildman–Crippen MR) is 71.4 cm³/mol. The summed E-state index contributed by atoms with van der Waals surface area (Å²) in [7, 11) is 1.71. The molecule has 0 aliphatic heterocycles. The molecule has 1 amide bonds. The third-order valence-electron chi connectivity index (χ3n) is 3.05. The van der Waals surface area contributed by atoms with E-state index in [4.69, 9.17) is 5.84 Å². The number of carbonyl (C=O) groups is 1. The Morgan fingerprint density at radius 3 is 2.95 bits per heavy atom. The summed E-state index contributed by atoms with van der Waals surface area (Å²) in [5.74, 6) is 4.80. The van der Waals surface area contributed by atoms with Crippen LogP contribution in [0.3, 0.4) is 0 Å². The first-order chi connectivity index (χ1) is 9.63. The second kappa shape index (κ2) is 6.24. The third-order valence-corrected chi connectivity index (χ3v) is 3.05. The SMILES string of the molecule is Cn1ncc2c(=O)n(CCCCCC(=O)NN)nnc21. The maximum absolute atomic E-state index is 12.1. The maximum Gasteiger partial charge on any atom is 0.280 e. The van der Waals surface area contributed by atoms with E-state index in [1.54, 1.807) is 7.05 Å². The van der Waals surface area contributed by atoms with Gasteiger partial charge in [-0.05, 0) is 12.8 Å². The average molecular weight is 279 g/mol. The van der Waals surface area contributed by atoms with Gasteiger partial charge >= 0.3 is 0 Å². The van der Waals surface area contributed by atoms with E-state index in [1.165, 1.54) is 15.6 Å². The molecule has 2 aromatic heterocycles. The highest BCUT2D eigenvalue weighted by molar-refractivity contribution is 5.75. The van der Waals surface area contributed by atoms with Gasteiger partial charge in [0.25, 0.3) is 5.56 Å². The van der Waals surface area contributed by atoms with Crippen molar-refractivity contribution >= 4 is 16.9 Å². The van der Waals surface area contributed by atoms with Crippen LogP contribution in [0.25, 0.3) is 11.0 Å². The Kier molecular flexibility index (Phi) is 4.41. The van der Waals surface area contributed by atoms with Crippen LogP contribution in [0, 0.1) is 0 Å². The zero-order chi connectivity index (χ0) is 14.5. The zero-order valence-corrected chi connectivity index (χ0v) is 11.2. The summed E-state index contributed by atoms with van der Waals surface area (Å²) in [5.41, 5.74) is 2.37. The quantitative estimate of drug-likeness (QED) is 0.305. The maximum atomic E-state index is 12.1. The molecule has 0 fully saturated rings. The van der Waals surface area contributed by atoms with Crippen molar-refractivity contribution in [3.05, 3.63) is 16.6 Å². The minimum absolute atomic E-state index is 0.182. The molecular weight excluding hydrogens is 262 g/mol. The number of nitrogens with zero attached hydrogens (tertiary/aromatic N) is 5. The van der Waals surface area contributed by atoms with Crippen LogP contribution in [0.4, 0.5) is 0 Å². The van der Waals surface area contributed by atoms with E-state index in [0.717, 1.165) is 19.3 Å². The fourth-order valence-electron chi connectivity index (χ4n) is 1.92. The summed E-state index contributed by atoms with van der Waals surface area (Å²) in [6.07, 6.45) is 4.17. The Labute approximate surface area is 114 Å². The summed E-state index contributed by atoms with van der Waals surface area (Å²) >= 11 is 0. The normalized spacial score (nSPS) is 10.9. The Morgan fingerprint density at radius 2 is 2.20 bits per heavy atom. The Bertz CT molecular complexity index is 660. The molecule has 2 rings (SSSR count). The Morgan fingerprint density at radius 1 is 1.40 bits per heavy atom. The van der Waals surface area contributed by atoms with E-state index >= 15 is 0 Å². The molecule has 0 aliphatic carbocycles. The number of hydrogen-bond donors (Lipinski definition) is 2. The number of amides is 1. The van der Waals surface area contributed by atoms with Crippen LogP contribution in [0.2, 0.25) is 0 Å². The van der Waals surface area contributed by atoms with Crippen molar-refractivity contribution in [2.45, 2.75) is 32.2 Å². The number of hydrazine groups is 1. The molecule has 108 valence electrons. The number of fused-ring (bicyclic) bond motifs is 1. The summed E-state index contributed by atoms with van der Waals surface area (Å²) in [5, 5.41) is 12.3. The largest absolute Gasteiger partial charge is 0.294 e. The van der Waals surface area contributed by atoms with Crippen molar-refractivity contribution in [3.8, 4) is 0 Å². The molecule has 2 aromatic rings. The van der Waals surface area contributed by atoms with Gasteiger partial charge in [-0.2, -0.15) is 5.10 Å². The van der Waals surface area contributed by atoms with Crippen molar-refractivity contribution in [2.24, 2.45) is 12.9 Å². The van der Waals surface area contributed by atoms with Gasteiger partial charge in [0, 0.05) is 20.0 Å². The number of rotatable bonds is 6. The van der Waals surface area contributed by atoms with Crippen LogP contribution < -0.4 is 16.8 Å². The molecule has 0 spiro atoms. The van der Waals surface area contributed by atoms with Gasteiger partial charge in [0.05, 0.1) is 6.20 Å². The van der Waals surface area contributed by atoms with E-state index in [0.29, 0.717) is 24.0 Å². The van der Waals surface area contributed by atoms with Crippen LogP contribution in [-0.2, 0) is 18.4 Å². The van der Waals surface area contributed by atoms with E-state index in [9.17, 15) is 9.59 Å². The minimum Gasteiger partial charge on any atom is -0.294 e. The van der Waals surface area contributed by atoms with Crippen molar-refractivity contribution in [1.82, 2.24) is 30.2 Å². The van der Waals surface area contributed by atoms with Crippen LogP contribution in [-0.4, -0.2) is 30.7 Å². The number of nitrogens with one attached hydrogen (secondary N) is 1. The number of nitrogens with two attached hydrogens (primary N) is 1. The average Bonchev–Trinajstić information content (AvgIpc) is 2.83. The van der Waals surface area contributed by atoms with Crippen molar-refractivity contribution in [2.75, 3.05) is 0 Å². The monoisotopic (exact) mass is 279 g/mol. The summed E-state index contributed by atoms with van der Waals surface area (Å²) < 4.78 is 2.84. The lowest BCUT2D eigenvalue weighted by molar-refractivity contribution is -0.121. The number of aromatic nitrogens is 5. The second-order valence-electron chi connectivity index (χ2n) is 4.50. The minimum atomic E-state index is -0.192. The number of carbonyl (C=O) groups excluding carboxylic acids is 1. The first-order valence-electron chi connectivity index (χ1n) is 6.38. The summed E-state index contributed by atoms with van der Waals surface area (Å²) in [4.78, 5) is 23.0. The molecule has 9 nitrogen and oxygen atoms in total. The highest BCUT2D eigenvalue weighted by atomic mass is 16.2. The Balaban J connectivity index is 1.92. The first-order valence-corrected chi connectivity index (χ1v) is 6.38. The van der Waals surface area contributed by atoms with Gasteiger partial charge in [-0.3, -0.25) is 15.0 Å². The molecular formula is C11H17N7O2. The molecule has 0 radical (unpaired) electrons. The van der Waals surface area contributed by atoms with Crippen molar-refractivity contribution in [3.63, 3.8) is 0 Å². The fraction of sp³-hybridized carbons (Fsp3) is 0.545. The van der Waals surface area contributed by atoms with Gasteiger partial charge in [0.15, 0.2) is 5.65 Å². The van der Waals surface area contributed by atoms with Crippen LogP contribution >= 0.6 is 0 Å². The summed E-state index contributed by atoms with van der Waals surface area (Å²) in [6, 6.07) is 0. The smallest absolute Gasteiger partial charge is 0.280 e. The second-order valence-corrected chi connectivity index (χ2v) is 4.50. The van der Waals surface area contributed by atoms with Gasteiger partial charge < -0.3 is 0 Å². The van der Waals surface area contributed by atoms with Crippen LogP contribution in [0.5, 0.6) is 0 Å². The molecule has 0 saturated heterocycles. The van der Waals surface area contributed by atoms with E-state index in [-0.39, 0.29) is 11.5 Å². The van der Waals surface area contributed by atoms with Gasteiger partial charge in [0.1, 0.15) is 5.39 Å². The molecule has 0 aliphatic rings. The number of aryl methyl sites for hydroxylation is 2. The lowest BCUT2D eigenvalue weighted by atomic mass is 10.2. The molecule has 0 aromatic carbocycles. The van der Waals surface area contributed by atoms with E-state index in [1.807, 2.05) is 0 Å². The van der Waals surface area contributed by atoms with Crippen LogP contribution in [0.1, 0.15) is 25.7 Å². The number of unbranched alkanes of at least 4 members (excludes halogenated alkanes) is 2. The van der Waals surface area contributed by atoms with E-state index < -0.39 is 0 Å². The van der Waals surface area contributed by atoms with Gasteiger partial charge in [-0.15, -0.1) is 5.10 Å². The molecule has 0 atom stereocenters. The standard InChI is InChI=1S/C11H17N7O2/c1-17-10-8(7-13-17)11(20)18(16-15-10)6-4-2-3-5-9(19)14-12/h7H,2-6,12H2,1H3,(H,14,19). The predicted octanol–water partition coefficient (Wildman–Crippen LogP) is -0.925. The fourth-order valence-corrected chi connectivity index (χ4v) is 1.92.